The molecule has 132 valence electrons. The second kappa shape index (κ2) is 6.56. The van der Waals surface area contributed by atoms with Crippen molar-refractivity contribution in [2.45, 2.75) is 4.90 Å². The molecule has 0 aliphatic carbocycles. The Kier molecular flexibility index (Phi) is 4.23. The zero-order valence-corrected chi connectivity index (χ0v) is 15.4. The summed E-state index contributed by atoms with van der Waals surface area (Å²) < 4.78 is 28.7. The summed E-state index contributed by atoms with van der Waals surface area (Å²) in [6, 6.07) is 9.68. The number of rotatable bonds is 5. The van der Waals surface area contributed by atoms with Crippen LogP contribution in [0.3, 0.4) is 0 Å². The van der Waals surface area contributed by atoms with Crippen LogP contribution in [0.5, 0.6) is 0 Å². The lowest BCUT2D eigenvalue weighted by Gasteiger charge is -2.10. The van der Waals surface area contributed by atoms with E-state index in [0.717, 1.165) is 0 Å². The molecule has 0 aliphatic rings. The number of benzene rings is 1. The Labute approximate surface area is 157 Å². The minimum atomic E-state index is -3.68. The van der Waals surface area contributed by atoms with Crippen molar-refractivity contribution >= 4 is 55.2 Å². The molecule has 3 aromatic heterocycles. The van der Waals surface area contributed by atoms with Gasteiger partial charge in [0.25, 0.3) is 10.0 Å². The normalized spacial score (nSPS) is 11.6. The van der Waals surface area contributed by atoms with E-state index in [1.165, 1.54) is 29.7 Å². The third kappa shape index (κ3) is 3.34. The maximum Gasteiger partial charge on any atom is 0.263 e. The van der Waals surface area contributed by atoms with Crippen molar-refractivity contribution in [2.24, 2.45) is 0 Å². The van der Waals surface area contributed by atoms with E-state index in [4.69, 9.17) is 11.6 Å². The fourth-order valence-corrected chi connectivity index (χ4v) is 4.26. The minimum absolute atomic E-state index is 0.134. The van der Waals surface area contributed by atoms with Crippen molar-refractivity contribution in [1.29, 1.82) is 0 Å². The SMILES string of the molecule is O=S(=O)(Nc1nccs1)c1ccc(Nc2cc(Cl)nc3ccnn23)cc1. The van der Waals surface area contributed by atoms with Gasteiger partial charge in [-0.2, -0.15) is 9.61 Å². The zero-order chi connectivity index (χ0) is 18.1. The molecule has 0 amide bonds. The molecule has 0 unspecified atom stereocenters. The van der Waals surface area contributed by atoms with Gasteiger partial charge in [-0.05, 0) is 24.3 Å². The molecular formula is C15H11ClN6O2S2. The Balaban J connectivity index is 1.59. The molecule has 0 saturated carbocycles. The molecule has 0 saturated heterocycles. The van der Waals surface area contributed by atoms with Gasteiger partial charge in [-0.1, -0.05) is 11.6 Å². The van der Waals surface area contributed by atoms with Gasteiger partial charge < -0.3 is 5.32 Å². The highest BCUT2D eigenvalue weighted by molar-refractivity contribution is 7.93. The molecule has 4 aromatic rings. The summed E-state index contributed by atoms with van der Waals surface area (Å²) in [5.41, 5.74) is 1.28. The molecule has 3 heterocycles. The molecule has 0 spiro atoms. The van der Waals surface area contributed by atoms with E-state index in [2.05, 4.69) is 25.1 Å². The Morgan fingerprint density at radius 2 is 1.92 bits per heavy atom. The van der Waals surface area contributed by atoms with Crippen LogP contribution in [-0.2, 0) is 10.0 Å². The summed E-state index contributed by atoms with van der Waals surface area (Å²) in [5, 5.41) is 9.67. The van der Waals surface area contributed by atoms with Gasteiger partial charge in [0, 0.05) is 29.4 Å². The molecule has 8 nitrogen and oxygen atoms in total. The van der Waals surface area contributed by atoms with Crippen molar-refractivity contribution in [3.05, 3.63) is 59.3 Å². The van der Waals surface area contributed by atoms with Gasteiger partial charge in [0.2, 0.25) is 0 Å². The smallest absolute Gasteiger partial charge is 0.263 e. The van der Waals surface area contributed by atoms with Crippen molar-refractivity contribution in [3.63, 3.8) is 0 Å². The number of sulfonamides is 1. The van der Waals surface area contributed by atoms with Crippen LogP contribution in [0, 0.1) is 0 Å². The Hall–Kier alpha value is -2.69. The van der Waals surface area contributed by atoms with E-state index in [1.54, 1.807) is 40.4 Å². The topological polar surface area (TPSA) is 101 Å². The lowest BCUT2D eigenvalue weighted by atomic mass is 10.3. The number of hydrogen-bond acceptors (Lipinski definition) is 7. The number of thiazole rings is 1. The fourth-order valence-electron chi connectivity index (χ4n) is 2.28. The molecule has 26 heavy (non-hydrogen) atoms. The molecule has 1 aromatic carbocycles. The maximum atomic E-state index is 12.3. The van der Waals surface area contributed by atoms with Crippen LogP contribution in [0.25, 0.3) is 5.65 Å². The second-order valence-corrected chi connectivity index (χ2v) is 8.12. The quantitative estimate of drug-likeness (QED) is 0.492. The number of nitrogens with zero attached hydrogens (tertiary/aromatic N) is 4. The van der Waals surface area contributed by atoms with Gasteiger partial charge >= 0.3 is 0 Å². The summed E-state index contributed by atoms with van der Waals surface area (Å²) in [6.07, 6.45) is 3.15. The summed E-state index contributed by atoms with van der Waals surface area (Å²) in [7, 11) is -3.68. The Morgan fingerprint density at radius 3 is 2.65 bits per heavy atom. The zero-order valence-electron chi connectivity index (χ0n) is 13.0. The predicted molar refractivity (Wildman–Crippen MR) is 101 cm³/mol. The first-order valence-corrected chi connectivity index (χ1v) is 10.0. The van der Waals surface area contributed by atoms with Crippen LogP contribution in [-0.4, -0.2) is 28.0 Å². The van der Waals surface area contributed by atoms with E-state index >= 15 is 0 Å². The maximum absolute atomic E-state index is 12.3. The van der Waals surface area contributed by atoms with Crippen molar-refractivity contribution in [3.8, 4) is 0 Å². The fraction of sp³-hybridized carbons (Fsp3) is 0. The number of hydrogen-bond donors (Lipinski definition) is 2. The molecule has 4 rings (SSSR count). The second-order valence-electron chi connectivity index (χ2n) is 5.16. The molecule has 0 aliphatic heterocycles. The summed E-state index contributed by atoms with van der Waals surface area (Å²) in [4.78, 5) is 8.21. The van der Waals surface area contributed by atoms with Crippen LogP contribution < -0.4 is 10.0 Å². The molecule has 0 bridgehead atoms. The molecule has 0 atom stereocenters. The first kappa shape index (κ1) is 16.8. The molecule has 0 radical (unpaired) electrons. The van der Waals surface area contributed by atoms with E-state index in [0.29, 0.717) is 27.4 Å². The first-order valence-electron chi connectivity index (χ1n) is 7.31. The summed E-state index contributed by atoms with van der Waals surface area (Å²) in [6.45, 7) is 0. The van der Waals surface area contributed by atoms with Gasteiger partial charge in [-0.25, -0.2) is 18.4 Å². The largest absolute Gasteiger partial charge is 0.340 e. The predicted octanol–water partition coefficient (Wildman–Crippen LogP) is 3.38. The van der Waals surface area contributed by atoms with Gasteiger partial charge in [-0.3, -0.25) is 4.72 Å². The lowest BCUT2D eigenvalue weighted by Crippen LogP contribution is -2.12. The molecular weight excluding hydrogens is 396 g/mol. The van der Waals surface area contributed by atoms with E-state index in [-0.39, 0.29) is 4.90 Å². The number of anilines is 3. The van der Waals surface area contributed by atoms with Crippen LogP contribution in [0.2, 0.25) is 5.15 Å². The molecule has 11 heteroatoms. The summed E-state index contributed by atoms with van der Waals surface area (Å²) in [5.74, 6) is 0.613. The molecule has 2 N–H and O–H groups in total. The number of fused-ring (bicyclic) bond motifs is 1. The number of aromatic nitrogens is 4. The first-order chi connectivity index (χ1) is 12.5. The van der Waals surface area contributed by atoms with E-state index in [9.17, 15) is 8.42 Å². The standard InChI is InChI=1S/C15H11ClN6O2S2/c16-12-9-14(22-13(20-12)5-6-18-22)19-10-1-3-11(4-2-10)26(23,24)21-15-17-7-8-25-15/h1-9,19H,(H,17,21). The van der Waals surface area contributed by atoms with Crippen molar-refractivity contribution in [2.75, 3.05) is 10.0 Å². The molecule has 0 fully saturated rings. The van der Waals surface area contributed by atoms with Crippen LogP contribution in [0.1, 0.15) is 0 Å². The Morgan fingerprint density at radius 1 is 1.12 bits per heavy atom. The lowest BCUT2D eigenvalue weighted by molar-refractivity contribution is 0.601. The van der Waals surface area contributed by atoms with Gasteiger partial charge in [0.15, 0.2) is 10.8 Å². The van der Waals surface area contributed by atoms with Crippen molar-refractivity contribution < 1.29 is 8.42 Å². The highest BCUT2D eigenvalue weighted by atomic mass is 35.5. The van der Waals surface area contributed by atoms with Gasteiger partial charge in [0.1, 0.15) is 11.0 Å². The monoisotopic (exact) mass is 406 g/mol. The van der Waals surface area contributed by atoms with Gasteiger partial charge in [-0.15, -0.1) is 11.3 Å². The average molecular weight is 407 g/mol. The summed E-state index contributed by atoms with van der Waals surface area (Å²) >= 11 is 7.23. The minimum Gasteiger partial charge on any atom is -0.340 e. The third-order valence-electron chi connectivity index (χ3n) is 3.42. The van der Waals surface area contributed by atoms with Crippen LogP contribution >= 0.6 is 22.9 Å². The van der Waals surface area contributed by atoms with Crippen LogP contribution in [0.4, 0.5) is 16.6 Å². The highest BCUT2D eigenvalue weighted by Gasteiger charge is 2.15. The average Bonchev–Trinajstić information content (AvgIpc) is 3.26. The number of nitrogens with one attached hydrogen (secondary N) is 2. The van der Waals surface area contributed by atoms with E-state index < -0.39 is 10.0 Å². The Bertz CT molecular complexity index is 1160. The van der Waals surface area contributed by atoms with Crippen molar-refractivity contribution in [1.82, 2.24) is 19.6 Å². The van der Waals surface area contributed by atoms with Gasteiger partial charge in [0.05, 0.1) is 11.1 Å². The third-order valence-corrected chi connectivity index (χ3v) is 5.79. The van der Waals surface area contributed by atoms with Crippen LogP contribution in [0.15, 0.2) is 59.1 Å². The highest BCUT2D eigenvalue weighted by Crippen LogP contribution is 2.23. The van der Waals surface area contributed by atoms with E-state index in [1.807, 2.05) is 0 Å². The number of halogens is 1.